The molecule has 0 aliphatic carbocycles. The number of thioether (sulfide) groups is 2. The van der Waals surface area contributed by atoms with Gasteiger partial charge in [0, 0.05) is 22.5 Å². The van der Waals surface area contributed by atoms with Gasteiger partial charge in [-0.2, -0.15) is 0 Å². The topological polar surface area (TPSA) is 46.6 Å². The lowest BCUT2D eigenvalue weighted by molar-refractivity contribution is -0.137. The molecule has 0 fully saturated rings. The van der Waals surface area contributed by atoms with Gasteiger partial charge < -0.3 is 9.64 Å². The van der Waals surface area contributed by atoms with E-state index < -0.39 is 5.54 Å². The largest absolute Gasteiger partial charge is 0.462 e. The van der Waals surface area contributed by atoms with E-state index in [0.29, 0.717) is 22.8 Å². The monoisotopic (exact) mass is 523 g/mol. The second-order valence-corrected chi connectivity index (χ2v) is 11.7. The van der Waals surface area contributed by atoms with Crippen LogP contribution in [0, 0.1) is 6.92 Å². The van der Waals surface area contributed by atoms with Crippen LogP contribution in [0.2, 0.25) is 0 Å². The molecule has 0 saturated heterocycles. The van der Waals surface area contributed by atoms with Crippen molar-refractivity contribution in [1.29, 1.82) is 0 Å². The highest BCUT2D eigenvalue weighted by Gasteiger charge is 2.45. The van der Waals surface area contributed by atoms with E-state index in [1.54, 1.807) is 11.8 Å². The minimum absolute atomic E-state index is 0.0674. The van der Waals surface area contributed by atoms with Gasteiger partial charge in [-0.05, 0) is 51.3 Å². The smallest absolute Gasteiger partial charge is 0.346 e. The number of esters is 1. The number of anilines is 1. The lowest BCUT2D eigenvalue weighted by Crippen LogP contribution is -2.55. The van der Waals surface area contributed by atoms with E-state index in [1.807, 2.05) is 82.0 Å². The Bertz CT molecular complexity index is 1260. The molecule has 0 N–H and O–H groups in total. The van der Waals surface area contributed by atoms with Crippen molar-refractivity contribution in [1.82, 2.24) is 0 Å². The number of amides is 1. The summed E-state index contributed by atoms with van der Waals surface area (Å²) in [5.41, 5.74) is 4.07. The van der Waals surface area contributed by atoms with E-state index >= 15 is 0 Å². The summed E-state index contributed by atoms with van der Waals surface area (Å²) in [6.45, 7) is 10.2. The van der Waals surface area contributed by atoms with Gasteiger partial charge in [0.25, 0.3) is 0 Å². The van der Waals surface area contributed by atoms with Crippen LogP contribution in [0.25, 0.3) is 10.5 Å². The van der Waals surface area contributed by atoms with Gasteiger partial charge in [0.2, 0.25) is 5.91 Å². The molecule has 0 aromatic heterocycles. The third kappa shape index (κ3) is 4.74. The van der Waals surface area contributed by atoms with Gasteiger partial charge in [-0.15, -0.1) is 0 Å². The zero-order valence-electron chi connectivity index (χ0n) is 20.6. The van der Waals surface area contributed by atoms with Gasteiger partial charge in [0.15, 0.2) is 0 Å². The molecule has 2 aromatic carbocycles. The summed E-state index contributed by atoms with van der Waals surface area (Å²) in [4.78, 5) is 30.2. The fourth-order valence-electron chi connectivity index (χ4n) is 4.35. The highest BCUT2D eigenvalue weighted by molar-refractivity contribution is 8.32. The van der Waals surface area contributed by atoms with E-state index in [1.165, 1.54) is 11.8 Å². The Hall–Kier alpha value is -2.35. The first kappa shape index (κ1) is 25.7. The second kappa shape index (κ2) is 10.3. The van der Waals surface area contributed by atoms with Crippen LogP contribution in [-0.2, 0) is 14.3 Å². The van der Waals surface area contributed by atoms with Gasteiger partial charge in [0.1, 0.15) is 4.91 Å². The Balaban J connectivity index is 1.90. The van der Waals surface area contributed by atoms with E-state index in [2.05, 4.69) is 6.07 Å². The van der Waals surface area contributed by atoms with E-state index in [0.717, 1.165) is 43.5 Å². The predicted octanol–water partition coefficient (Wildman–Crippen LogP) is 7.37. The Morgan fingerprint density at radius 3 is 2.43 bits per heavy atom. The Labute approximate surface area is 221 Å². The quantitative estimate of drug-likeness (QED) is 0.232. The Kier molecular flexibility index (Phi) is 7.60. The van der Waals surface area contributed by atoms with Crippen LogP contribution in [0.15, 0.2) is 57.7 Å². The van der Waals surface area contributed by atoms with Crippen molar-refractivity contribution in [3.8, 4) is 0 Å². The van der Waals surface area contributed by atoms with E-state index in [-0.39, 0.29) is 11.9 Å². The highest BCUT2D eigenvalue weighted by Crippen LogP contribution is 2.58. The lowest BCUT2D eigenvalue weighted by Gasteiger charge is -2.45. The van der Waals surface area contributed by atoms with Gasteiger partial charge in [-0.3, -0.25) is 4.79 Å². The maximum Gasteiger partial charge on any atom is 0.346 e. The molecule has 0 bridgehead atoms. The summed E-state index contributed by atoms with van der Waals surface area (Å²) in [6, 6.07) is 16.0. The average molecular weight is 524 g/mol. The van der Waals surface area contributed by atoms with Gasteiger partial charge in [-0.25, -0.2) is 4.79 Å². The summed E-state index contributed by atoms with van der Waals surface area (Å²) in [5.74, 6) is -0.262. The average Bonchev–Trinajstić information content (AvgIpc) is 3.26. The second-order valence-electron chi connectivity index (χ2n) is 9.00. The minimum atomic E-state index is -0.689. The van der Waals surface area contributed by atoms with Crippen molar-refractivity contribution in [2.24, 2.45) is 0 Å². The molecule has 7 heteroatoms. The number of thiocarbonyl (C=S) groups is 1. The molecule has 0 radical (unpaired) electrons. The third-order valence-electron chi connectivity index (χ3n) is 6.02. The van der Waals surface area contributed by atoms with Crippen molar-refractivity contribution in [3.05, 3.63) is 74.4 Å². The van der Waals surface area contributed by atoms with Crippen molar-refractivity contribution < 1.29 is 14.3 Å². The van der Waals surface area contributed by atoms with Crippen molar-refractivity contribution >= 4 is 68.6 Å². The van der Waals surface area contributed by atoms with Crippen LogP contribution in [0.4, 0.5) is 5.69 Å². The number of hydrogen-bond donors (Lipinski definition) is 0. The zero-order chi connectivity index (χ0) is 25.3. The number of carbonyl (C=O) groups is 2. The molecular weight excluding hydrogens is 495 g/mol. The summed E-state index contributed by atoms with van der Waals surface area (Å²) >= 11 is 9.06. The van der Waals surface area contributed by atoms with Crippen LogP contribution < -0.4 is 4.90 Å². The summed E-state index contributed by atoms with van der Waals surface area (Å²) in [5, 5.41) is 0. The molecule has 0 spiro atoms. The summed E-state index contributed by atoms with van der Waals surface area (Å²) in [6.07, 6.45) is 1.23. The SMILES string of the molecule is CCCC(=O)N1c2cc(C)ccc2/C(=C2\SC(C(=O)OCC)=C(c3ccccc3)S2)C(=S)C1(C)C. The molecule has 1 amide bonds. The maximum absolute atomic E-state index is 13.3. The van der Waals surface area contributed by atoms with Crippen molar-refractivity contribution in [3.63, 3.8) is 0 Å². The number of fused-ring (bicyclic) bond motifs is 1. The van der Waals surface area contributed by atoms with Crippen LogP contribution in [-0.4, -0.2) is 28.9 Å². The summed E-state index contributed by atoms with van der Waals surface area (Å²) in [7, 11) is 0. The number of ether oxygens (including phenoxy) is 1. The molecule has 0 atom stereocenters. The number of rotatable bonds is 5. The molecule has 2 aliphatic heterocycles. The molecule has 182 valence electrons. The molecule has 35 heavy (non-hydrogen) atoms. The van der Waals surface area contributed by atoms with Gasteiger partial charge in [-0.1, -0.05) is 85.1 Å². The maximum atomic E-state index is 13.3. The first-order valence-electron chi connectivity index (χ1n) is 11.8. The van der Waals surface area contributed by atoms with Gasteiger partial charge >= 0.3 is 5.97 Å². The van der Waals surface area contributed by atoms with Gasteiger partial charge in [0.05, 0.1) is 26.9 Å². The van der Waals surface area contributed by atoms with E-state index in [4.69, 9.17) is 17.0 Å². The van der Waals surface area contributed by atoms with Crippen molar-refractivity contribution in [2.45, 2.75) is 53.0 Å². The fourth-order valence-corrected chi connectivity index (χ4v) is 7.49. The predicted molar refractivity (Wildman–Crippen MR) is 152 cm³/mol. The normalized spacial score (nSPS) is 19.1. The molecular formula is C28H29NO3S3. The Morgan fingerprint density at radius 2 is 1.77 bits per heavy atom. The number of benzene rings is 2. The van der Waals surface area contributed by atoms with Crippen molar-refractivity contribution in [2.75, 3.05) is 11.5 Å². The number of carbonyl (C=O) groups excluding carboxylic acids is 2. The molecule has 4 nitrogen and oxygen atoms in total. The number of aryl methyl sites for hydroxylation is 1. The number of hydrogen-bond acceptors (Lipinski definition) is 6. The molecule has 4 rings (SSSR count). The first-order chi connectivity index (χ1) is 16.7. The molecule has 2 heterocycles. The van der Waals surface area contributed by atoms with Crippen LogP contribution >= 0.6 is 35.7 Å². The Morgan fingerprint density at radius 1 is 1.06 bits per heavy atom. The third-order valence-corrected chi connectivity index (χ3v) is 9.35. The fraction of sp³-hybridized carbons (Fsp3) is 0.321. The summed E-state index contributed by atoms with van der Waals surface area (Å²) < 4.78 is 6.34. The van der Waals surface area contributed by atoms with Crippen LogP contribution in [0.5, 0.6) is 0 Å². The first-order valence-corrected chi connectivity index (χ1v) is 13.8. The lowest BCUT2D eigenvalue weighted by atomic mass is 9.82. The standard InChI is InChI=1S/C28H29NO3S3/c1-6-11-21(30)29-20-16-17(3)14-15-19(20)22(25(33)28(29,4)5)27-34-23(18-12-9-8-10-13-18)24(35-27)26(31)32-7-2/h8-10,12-16H,6-7,11H2,1-5H3/b27-22+. The molecule has 0 saturated carbocycles. The van der Waals surface area contributed by atoms with Crippen LogP contribution in [0.1, 0.15) is 57.2 Å². The highest BCUT2D eigenvalue weighted by atomic mass is 32.2. The number of nitrogens with zero attached hydrogens (tertiary/aromatic N) is 1. The zero-order valence-corrected chi connectivity index (χ0v) is 23.1. The molecule has 0 unspecified atom stereocenters. The molecule has 2 aliphatic rings. The van der Waals surface area contributed by atoms with Crippen LogP contribution in [0.3, 0.4) is 0 Å². The minimum Gasteiger partial charge on any atom is -0.462 e. The van der Waals surface area contributed by atoms with E-state index in [9.17, 15) is 9.59 Å². The molecule has 2 aromatic rings.